The summed E-state index contributed by atoms with van der Waals surface area (Å²) in [7, 11) is 4.22. The van der Waals surface area contributed by atoms with Gasteiger partial charge in [-0.2, -0.15) is 5.10 Å². The molecule has 1 aliphatic rings. The smallest absolute Gasteiger partial charge is 0.105 e. The van der Waals surface area contributed by atoms with Crippen molar-refractivity contribution in [3.8, 4) is 0 Å². The van der Waals surface area contributed by atoms with Crippen LogP contribution in [0.4, 0.5) is 0 Å². The molecular formula is C9H15BN2O. The minimum Gasteiger partial charge on any atom is -0.373 e. The van der Waals surface area contributed by atoms with E-state index in [4.69, 9.17) is 4.74 Å². The van der Waals surface area contributed by atoms with Gasteiger partial charge in [-0.25, -0.2) is 0 Å². The van der Waals surface area contributed by atoms with Gasteiger partial charge in [-0.1, -0.05) is 5.82 Å². The maximum Gasteiger partial charge on any atom is 0.105 e. The summed E-state index contributed by atoms with van der Waals surface area (Å²) >= 11 is 0. The van der Waals surface area contributed by atoms with Crippen LogP contribution < -0.4 is 0 Å². The van der Waals surface area contributed by atoms with Gasteiger partial charge in [0.2, 0.25) is 0 Å². The molecule has 2 unspecified atom stereocenters. The second-order valence-corrected chi connectivity index (χ2v) is 3.94. The van der Waals surface area contributed by atoms with Crippen LogP contribution in [0.3, 0.4) is 0 Å². The van der Waals surface area contributed by atoms with Crippen molar-refractivity contribution in [3.05, 3.63) is 18.0 Å². The SMILES string of the molecule is BC1CCOC(c2cnn(C)c2)C1. The molecule has 0 saturated carbocycles. The summed E-state index contributed by atoms with van der Waals surface area (Å²) in [5.41, 5.74) is 1.22. The van der Waals surface area contributed by atoms with Crippen molar-refractivity contribution in [2.24, 2.45) is 7.05 Å². The topological polar surface area (TPSA) is 27.1 Å². The third kappa shape index (κ3) is 1.94. The molecule has 1 aromatic heterocycles. The van der Waals surface area contributed by atoms with Crippen LogP contribution in [-0.4, -0.2) is 24.2 Å². The second kappa shape index (κ2) is 3.54. The van der Waals surface area contributed by atoms with E-state index in [1.807, 2.05) is 24.1 Å². The molecule has 4 heteroatoms. The highest BCUT2D eigenvalue weighted by atomic mass is 16.5. The van der Waals surface area contributed by atoms with Gasteiger partial charge in [0, 0.05) is 25.4 Å². The van der Waals surface area contributed by atoms with Crippen LogP contribution in [0.25, 0.3) is 0 Å². The summed E-state index contributed by atoms with van der Waals surface area (Å²) in [4.78, 5) is 0. The molecule has 1 fully saturated rings. The van der Waals surface area contributed by atoms with Crippen molar-refractivity contribution < 1.29 is 4.74 Å². The van der Waals surface area contributed by atoms with Crippen LogP contribution >= 0.6 is 0 Å². The molecule has 2 heterocycles. The molecule has 1 aromatic rings. The molecule has 0 N–H and O–H groups in total. The van der Waals surface area contributed by atoms with E-state index in [9.17, 15) is 0 Å². The van der Waals surface area contributed by atoms with E-state index in [1.54, 1.807) is 0 Å². The van der Waals surface area contributed by atoms with Gasteiger partial charge in [-0.3, -0.25) is 4.68 Å². The van der Waals surface area contributed by atoms with Gasteiger partial charge in [0.25, 0.3) is 0 Å². The Hall–Kier alpha value is -0.765. The Bertz CT molecular complexity index is 287. The van der Waals surface area contributed by atoms with E-state index < -0.39 is 0 Å². The van der Waals surface area contributed by atoms with Crippen molar-refractivity contribution in [1.29, 1.82) is 0 Å². The predicted molar refractivity (Wildman–Crippen MR) is 53.4 cm³/mol. The minimum atomic E-state index is 0.275. The molecule has 1 aliphatic heterocycles. The monoisotopic (exact) mass is 178 g/mol. The summed E-state index contributed by atoms with van der Waals surface area (Å²) in [6.45, 7) is 0.890. The molecule has 0 radical (unpaired) electrons. The maximum absolute atomic E-state index is 5.69. The molecule has 0 amide bonds. The largest absolute Gasteiger partial charge is 0.373 e. The van der Waals surface area contributed by atoms with E-state index in [0.29, 0.717) is 0 Å². The zero-order valence-corrected chi connectivity index (χ0v) is 8.23. The predicted octanol–water partition coefficient (Wildman–Crippen LogP) is 0.693. The summed E-state index contributed by atoms with van der Waals surface area (Å²) in [5.74, 6) is 0.777. The van der Waals surface area contributed by atoms with E-state index in [-0.39, 0.29) is 6.10 Å². The second-order valence-electron chi connectivity index (χ2n) is 3.94. The fourth-order valence-corrected chi connectivity index (χ4v) is 1.80. The number of aromatic nitrogens is 2. The molecule has 0 aromatic carbocycles. The lowest BCUT2D eigenvalue weighted by Crippen LogP contribution is -2.16. The van der Waals surface area contributed by atoms with E-state index in [1.165, 1.54) is 12.0 Å². The molecule has 13 heavy (non-hydrogen) atoms. The Morgan fingerprint density at radius 3 is 3.15 bits per heavy atom. The van der Waals surface area contributed by atoms with Crippen LogP contribution in [0.15, 0.2) is 12.4 Å². The first kappa shape index (κ1) is 8.82. The number of aryl methyl sites for hydroxylation is 1. The third-order valence-electron chi connectivity index (χ3n) is 2.64. The zero-order chi connectivity index (χ0) is 9.26. The average molecular weight is 178 g/mol. The minimum absolute atomic E-state index is 0.275. The lowest BCUT2D eigenvalue weighted by molar-refractivity contribution is 0.0155. The molecule has 0 spiro atoms. The lowest BCUT2D eigenvalue weighted by Gasteiger charge is -2.26. The standard InChI is InChI=1S/C9H15BN2O/c1-12-6-7(5-11-12)9-4-8(10)2-3-13-9/h5-6,8-9H,2-4,10H2,1H3. The number of nitrogens with zero attached hydrogens (tertiary/aromatic N) is 2. The van der Waals surface area contributed by atoms with Gasteiger partial charge in [-0.15, -0.1) is 0 Å². The van der Waals surface area contributed by atoms with Gasteiger partial charge in [-0.05, 0) is 12.8 Å². The van der Waals surface area contributed by atoms with E-state index in [0.717, 1.165) is 18.8 Å². The molecule has 2 rings (SSSR count). The molecule has 2 atom stereocenters. The Morgan fingerprint density at radius 2 is 2.54 bits per heavy atom. The summed E-state index contributed by atoms with van der Waals surface area (Å²) in [6, 6.07) is 0. The average Bonchev–Trinajstić information content (AvgIpc) is 2.52. The van der Waals surface area contributed by atoms with Crippen LogP contribution in [0, 0.1) is 0 Å². The quantitative estimate of drug-likeness (QED) is 0.591. The van der Waals surface area contributed by atoms with Gasteiger partial charge in [0.15, 0.2) is 0 Å². The molecule has 70 valence electrons. The van der Waals surface area contributed by atoms with Crippen LogP contribution in [0.2, 0.25) is 5.82 Å². The normalized spacial score (nSPS) is 29.0. The van der Waals surface area contributed by atoms with Crippen molar-refractivity contribution in [2.75, 3.05) is 6.61 Å². The maximum atomic E-state index is 5.69. The first-order valence-electron chi connectivity index (χ1n) is 4.86. The van der Waals surface area contributed by atoms with Crippen molar-refractivity contribution in [2.45, 2.75) is 24.8 Å². The van der Waals surface area contributed by atoms with Gasteiger partial charge >= 0.3 is 0 Å². The summed E-state index contributed by atoms with van der Waals surface area (Å²) in [6.07, 6.45) is 6.55. The Balaban J connectivity index is 2.08. The van der Waals surface area contributed by atoms with Gasteiger partial charge in [0.1, 0.15) is 7.85 Å². The first-order chi connectivity index (χ1) is 6.25. The Kier molecular flexibility index (Phi) is 2.40. The van der Waals surface area contributed by atoms with Crippen LogP contribution in [0.1, 0.15) is 24.5 Å². The number of ether oxygens (including phenoxy) is 1. The fraction of sp³-hybridized carbons (Fsp3) is 0.667. The molecule has 0 bridgehead atoms. The van der Waals surface area contributed by atoms with Crippen molar-refractivity contribution >= 4 is 7.85 Å². The summed E-state index contributed by atoms with van der Waals surface area (Å²) in [5, 5.41) is 4.15. The zero-order valence-electron chi connectivity index (χ0n) is 8.23. The van der Waals surface area contributed by atoms with Crippen LogP contribution in [0.5, 0.6) is 0 Å². The van der Waals surface area contributed by atoms with E-state index >= 15 is 0 Å². The van der Waals surface area contributed by atoms with Crippen LogP contribution in [-0.2, 0) is 11.8 Å². The number of rotatable bonds is 1. The molecule has 3 nitrogen and oxygen atoms in total. The molecule has 1 saturated heterocycles. The Morgan fingerprint density at radius 1 is 1.69 bits per heavy atom. The van der Waals surface area contributed by atoms with Gasteiger partial charge in [0.05, 0.1) is 12.3 Å². The lowest BCUT2D eigenvalue weighted by atomic mass is 9.78. The molecular weight excluding hydrogens is 163 g/mol. The van der Waals surface area contributed by atoms with Crippen molar-refractivity contribution in [3.63, 3.8) is 0 Å². The highest BCUT2D eigenvalue weighted by molar-refractivity contribution is 6.11. The fourth-order valence-electron chi connectivity index (χ4n) is 1.80. The summed E-state index contributed by atoms with van der Waals surface area (Å²) < 4.78 is 7.53. The van der Waals surface area contributed by atoms with Gasteiger partial charge < -0.3 is 4.74 Å². The highest BCUT2D eigenvalue weighted by Crippen LogP contribution is 2.32. The van der Waals surface area contributed by atoms with Crippen molar-refractivity contribution in [1.82, 2.24) is 9.78 Å². The Labute approximate surface area is 79.5 Å². The highest BCUT2D eigenvalue weighted by Gasteiger charge is 2.21. The first-order valence-corrected chi connectivity index (χ1v) is 4.86. The molecule has 0 aliphatic carbocycles. The third-order valence-corrected chi connectivity index (χ3v) is 2.64. The number of hydrogen-bond donors (Lipinski definition) is 0. The number of hydrogen-bond acceptors (Lipinski definition) is 2. The van der Waals surface area contributed by atoms with E-state index in [2.05, 4.69) is 12.9 Å².